The Labute approximate surface area is 160 Å². The molecule has 138 valence electrons. The summed E-state index contributed by atoms with van der Waals surface area (Å²) < 4.78 is 0. The van der Waals surface area contributed by atoms with Crippen LogP contribution in [0.15, 0.2) is 61.2 Å². The molecule has 0 aliphatic heterocycles. The Morgan fingerprint density at radius 3 is 2.75 bits per heavy atom. The molecule has 0 aliphatic rings. The van der Waals surface area contributed by atoms with Crippen LogP contribution in [0.3, 0.4) is 0 Å². The van der Waals surface area contributed by atoms with Crippen LogP contribution in [-0.2, 0) is 13.1 Å². The number of nitrogens with one attached hydrogen (secondary N) is 4. The Morgan fingerprint density at radius 1 is 0.857 bits per heavy atom. The fraction of sp³-hybridized carbons (Fsp3) is 0.100. The highest BCUT2D eigenvalue weighted by atomic mass is 15.1. The molecule has 5 rings (SSSR count). The van der Waals surface area contributed by atoms with Crippen LogP contribution in [0.5, 0.6) is 0 Å². The van der Waals surface area contributed by atoms with E-state index in [1.807, 2.05) is 24.4 Å². The zero-order chi connectivity index (χ0) is 18.8. The van der Waals surface area contributed by atoms with Gasteiger partial charge in [0.1, 0.15) is 5.82 Å². The Hall–Kier alpha value is -3.94. The molecule has 0 fully saturated rings. The second-order valence-electron chi connectivity index (χ2n) is 6.52. The Bertz CT molecular complexity index is 1150. The highest BCUT2D eigenvalue weighted by Gasteiger charge is 2.03. The van der Waals surface area contributed by atoms with E-state index in [9.17, 15) is 0 Å². The smallest absolute Gasteiger partial charge is 0.224 e. The van der Waals surface area contributed by atoms with Gasteiger partial charge in [-0.25, -0.2) is 9.97 Å². The summed E-state index contributed by atoms with van der Waals surface area (Å²) in [5.74, 6) is 1.36. The van der Waals surface area contributed by atoms with Gasteiger partial charge < -0.3 is 15.6 Å². The molecule has 8 heteroatoms. The third-order valence-corrected chi connectivity index (χ3v) is 4.57. The lowest BCUT2D eigenvalue weighted by molar-refractivity contribution is 1.04. The molecule has 0 amide bonds. The summed E-state index contributed by atoms with van der Waals surface area (Å²) in [7, 11) is 0. The van der Waals surface area contributed by atoms with Crippen LogP contribution in [0.4, 0.5) is 11.8 Å². The average Bonchev–Trinajstić information content (AvgIpc) is 3.39. The topological polar surface area (TPSA) is 107 Å². The Morgan fingerprint density at radius 2 is 1.75 bits per heavy atom. The third kappa shape index (κ3) is 3.35. The van der Waals surface area contributed by atoms with Crippen molar-refractivity contribution in [1.29, 1.82) is 0 Å². The van der Waals surface area contributed by atoms with Gasteiger partial charge in [-0.3, -0.25) is 5.10 Å². The van der Waals surface area contributed by atoms with Crippen LogP contribution in [0.1, 0.15) is 11.1 Å². The normalized spacial score (nSPS) is 11.1. The summed E-state index contributed by atoms with van der Waals surface area (Å²) in [6.45, 7) is 1.31. The van der Waals surface area contributed by atoms with Crippen LogP contribution >= 0.6 is 0 Å². The third-order valence-electron chi connectivity index (χ3n) is 4.57. The minimum atomic E-state index is 0.585. The van der Waals surface area contributed by atoms with Gasteiger partial charge in [-0.15, -0.1) is 0 Å². The number of imidazole rings is 1. The van der Waals surface area contributed by atoms with Gasteiger partial charge in [-0.2, -0.15) is 10.1 Å². The number of hydrogen-bond donors (Lipinski definition) is 4. The van der Waals surface area contributed by atoms with E-state index < -0.39 is 0 Å². The minimum Gasteiger partial charge on any atom is -0.366 e. The first-order valence-electron chi connectivity index (χ1n) is 8.98. The van der Waals surface area contributed by atoms with Gasteiger partial charge in [0, 0.05) is 24.7 Å². The predicted octanol–water partition coefficient (Wildman–Crippen LogP) is 3.45. The van der Waals surface area contributed by atoms with Gasteiger partial charge in [-0.1, -0.05) is 12.1 Å². The number of H-pyrrole nitrogens is 2. The van der Waals surface area contributed by atoms with Crippen LogP contribution < -0.4 is 10.6 Å². The molecule has 3 aromatic heterocycles. The van der Waals surface area contributed by atoms with Crippen LogP contribution in [0.2, 0.25) is 0 Å². The monoisotopic (exact) mass is 370 g/mol. The molecule has 0 aliphatic carbocycles. The molecule has 8 nitrogen and oxygen atoms in total. The van der Waals surface area contributed by atoms with Crippen molar-refractivity contribution in [3.8, 4) is 0 Å². The summed E-state index contributed by atoms with van der Waals surface area (Å²) in [5.41, 5.74) is 5.31. The SMILES string of the molecule is c1cc(NCc2ccc3nc[nH]c3c2)nc(NCc2ccc3[nH]ncc3c2)n1. The molecule has 0 atom stereocenters. The van der Waals surface area contributed by atoms with E-state index in [-0.39, 0.29) is 0 Å². The summed E-state index contributed by atoms with van der Waals surface area (Å²) in [5, 5.41) is 14.7. The first-order valence-corrected chi connectivity index (χ1v) is 8.98. The molecule has 0 saturated carbocycles. The number of rotatable bonds is 6. The first kappa shape index (κ1) is 16.2. The molecule has 0 radical (unpaired) electrons. The molecule has 5 aromatic rings. The zero-order valence-corrected chi connectivity index (χ0v) is 15.0. The second-order valence-corrected chi connectivity index (χ2v) is 6.52. The van der Waals surface area contributed by atoms with Crippen molar-refractivity contribution in [2.24, 2.45) is 0 Å². The molecule has 0 spiro atoms. The molecule has 0 bridgehead atoms. The Kier molecular flexibility index (Phi) is 4.06. The van der Waals surface area contributed by atoms with E-state index >= 15 is 0 Å². The van der Waals surface area contributed by atoms with Crippen LogP contribution in [-0.4, -0.2) is 30.1 Å². The number of fused-ring (bicyclic) bond motifs is 2. The first-order chi connectivity index (χ1) is 13.8. The van der Waals surface area contributed by atoms with Gasteiger partial charge in [0.15, 0.2) is 0 Å². The van der Waals surface area contributed by atoms with Crippen molar-refractivity contribution in [3.05, 3.63) is 72.3 Å². The molecule has 0 unspecified atom stereocenters. The fourth-order valence-electron chi connectivity index (χ4n) is 3.11. The largest absolute Gasteiger partial charge is 0.366 e. The van der Waals surface area contributed by atoms with Gasteiger partial charge in [0.25, 0.3) is 0 Å². The molecule has 4 N–H and O–H groups in total. The molecular weight excluding hydrogens is 352 g/mol. The maximum atomic E-state index is 4.54. The van der Waals surface area contributed by atoms with Crippen molar-refractivity contribution in [2.75, 3.05) is 10.6 Å². The van der Waals surface area contributed by atoms with E-state index in [0.717, 1.165) is 38.9 Å². The van der Waals surface area contributed by atoms with Crippen molar-refractivity contribution in [2.45, 2.75) is 13.1 Å². The second kappa shape index (κ2) is 6.99. The quantitative estimate of drug-likeness (QED) is 0.365. The highest BCUT2D eigenvalue weighted by Crippen LogP contribution is 2.15. The van der Waals surface area contributed by atoms with E-state index in [1.165, 1.54) is 0 Å². The standard InChI is InChI=1S/C20H18N8/c1-3-16-15(11-26-28-16)7-13(1)10-23-20-21-6-5-19(27-20)22-9-14-2-4-17-18(8-14)25-12-24-17/h1-8,11-12H,9-10H2,(H,24,25)(H,26,28)(H2,21,22,23,27). The van der Waals surface area contributed by atoms with E-state index in [4.69, 9.17) is 0 Å². The number of aromatic amines is 2. The number of benzene rings is 2. The average molecular weight is 370 g/mol. The highest BCUT2D eigenvalue weighted by molar-refractivity contribution is 5.78. The summed E-state index contributed by atoms with van der Waals surface area (Å²) >= 11 is 0. The maximum Gasteiger partial charge on any atom is 0.224 e. The number of hydrogen-bond acceptors (Lipinski definition) is 6. The van der Waals surface area contributed by atoms with Gasteiger partial charge in [0.2, 0.25) is 5.95 Å². The lowest BCUT2D eigenvalue weighted by atomic mass is 10.1. The van der Waals surface area contributed by atoms with E-state index in [1.54, 1.807) is 12.5 Å². The number of aromatic nitrogens is 6. The molecule has 2 aromatic carbocycles. The van der Waals surface area contributed by atoms with Crippen molar-refractivity contribution in [3.63, 3.8) is 0 Å². The molecule has 0 saturated heterocycles. The van der Waals surface area contributed by atoms with Gasteiger partial charge >= 0.3 is 0 Å². The molecule has 3 heterocycles. The van der Waals surface area contributed by atoms with Crippen molar-refractivity contribution in [1.82, 2.24) is 30.1 Å². The van der Waals surface area contributed by atoms with E-state index in [2.05, 4.69) is 65.0 Å². The molecule has 28 heavy (non-hydrogen) atoms. The van der Waals surface area contributed by atoms with E-state index in [0.29, 0.717) is 19.0 Å². The lowest BCUT2D eigenvalue weighted by Crippen LogP contribution is -2.06. The van der Waals surface area contributed by atoms with Crippen molar-refractivity contribution >= 4 is 33.7 Å². The van der Waals surface area contributed by atoms with Crippen LogP contribution in [0.25, 0.3) is 21.9 Å². The Balaban J connectivity index is 1.23. The maximum absolute atomic E-state index is 4.54. The zero-order valence-electron chi connectivity index (χ0n) is 15.0. The summed E-state index contributed by atoms with van der Waals surface area (Å²) in [6.07, 6.45) is 5.27. The number of nitrogens with zero attached hydrogens (tertiary/aromatic N) is 4. The predicted molar refractivity (Wildman–Crippen MR) is 109 cm³/mol. The number of anilines is 2. The minimum absolute atomic E-state index is 0.585. The van der Waals surface area contributed by atoms with Gasteiger partial charge in [0.05, 0.1) is 29.1 Å². The van der Waals surface area contributed by atoms with Crippen molar-refractivity contribution < 1.29 is 0 Å². The summed E-state index contributed by atoms with van der Waals surface area (Å²) in [4.78, 5) is 16.2. The molecular formula is C20H18N8. The fourth-order valence-corrected chi connectivity index (χ4v) is 3.11. The van der Waals surface area contributed by atoms with Gasteiger partial charge in [-0.05, 0) is 41.5 Å². The lowest BCUT2D eigenvalue weighted by Gasteiger charge is -2.09. The summed E-state index contributed by atoms with van der Waals surface area (Å²) in [6, 6.07) is 14.2. The van der Waals surface area contributed by atoms with Crippen LogP contribution in [0, 0.1) is 0 Å².